The quantitative estimate of drug-likeness (QED) is 0.807. The summed E-state index contributed by atoms with van der Waals surface area (Å²) in [6.07, 6.45) is 0. The topological polar surface area (TPSA) is 43.1 Å². The van der Waals surface area contributed by atoms with E-state index in [1.807, 2.05) is 26.8 Å². The van der Waals surface area contributed by atoms with Gasteiger partial charge in [0.25, 0.3) is 0 Å². The van der Waals surface area contributed by atoms with Gasteiger partial charge in [-0.25, -0.2) is 0 Å². The Labute approximate surface area is 86.3 Å². The molecule has 0 saturated carbocycles. The molecular weight excluding hydrogens is 230 g/mol. The highest BCUT2D eigenvalue weighted by atomic mass is 79.9. The summed E-state index contributed by atoms with van der Waals surface area (Å²) in [5.41, 5.74) is 8.92. The average molecular weight is 242 g/mol. The largest absolute Gasteiger partial charge is 0.366 e. The Morgan fingerprint density at radius 2 is 1.85 bits per heavy atom. The van der Waals surface area contributed by atoms with Crippen molar-refractivity contribution in [2.24, 2.45) is 5.73 Å². The van der Waals surface area contributed by atoms with Crippen LogP contribution >= 0.6 is 15.9 Å². The minimum Gasteiger partial charge on any atom is -0.366 e. The highest BCUT2D eigenvalue weighted by Gasteiger charge is 2.11. The van der Waals surface area contributed by atoms with Crippen molar-refractivity contribution < 1.29 is 4.79 Å². The molecule has 1 amide bonds. The van der Waals surface area contributed by atoms with Gasteiger partial charge in [-0.1, -0.05) is 15.9 Å². The maximum absolute atomic E-state index is 11.0. The van der Waals surface area contributed by atoms with Gasteiger partial charge in [-0.15, -0.1) is 0 Å². The summed E-state index contributed by atoms with van der Waals surface area (Å²) in [7, 11) is 0. The number of nitrogens with two attached hydrogens (primary N) is 1. The van der Waals surface area contributed by atoms with Crippen LogP contribution in [0.5, 0.6) is 0 Å². The molecule has 1 aromatic carbocycles. The van der Waals surface area contributed by atoms with Crippen LogP contribution in [0.1, 0.15) is 27.0 Å². The van der Waals surface area contributed by atoms with Gasteiger partial charge in [-0.3, -0.25) is 4.79 Å². The molecule has 0 bridgehead atoms. The molecule has 2 nitrogen and oxygen atoms in total. The Kier molecular flexibility index (Phi) is 2.76. The highest BCUT2D eigenvalue weighted by molar-refractivity contribution is 9.10. The van der Waals surface area contributed by atoms with Gasteiger partial charge in [-0.2, -0.15) is 0 Å². The number of benzene rings is 1. The van der Waals surface area contributed by atoms with Gasteiger partial charge in [0.15, 0.2) is 0 Å². The van der Waals surface area contributed by atoms with Crippen molar-refractivity contribution in [2.75, 3.05) is 0 Å². The molecule has 1 rings (SSSR count). The van der Waals surface area contributed by atoms with Crippen LogP contribution < -0.4 is 5.73 Å². The molecule has 2 N–H and O–H groups in total. The van der Waals surface area contributed by atoms with E-state index in [4.69, 9.17) is 5.73 Å². The molecule has 3 heteroatoms. The first-order chi connectivity index (χ1) is 5.95. The summed E-state index contributed by atoms with van der Waals surface area (Å²) in [6.45, 7) is 5.82. The Bertz CT molecular complexity index is 372. The second-order valence-electron chi connectivity index (χ2n) is 3.17. The van der Waals surface area contributed by atoms with Crippen molar-refractivity contribution in [1.29, 1.82) is 0 Å². The number of aryl methyl sites for hydroxylation is 1. The van der Waals surface area contributed by atoms with E-state index in [9.17, 15) is 4.79 Å². The second-order valence-corrected chi connectivity index (χ2v) is 3.96. The zero-order valence-electron chi connectivity index (χ0n) is 7.94. The standard InChI is InChI=1S/C10H12BrNO/c1-5-4-8(10(12)13)6(2)7(3)9(5)11/h4H,1-3H3,(H2,12,13). The molecule has 0 atom stereocenters. The third-order valence-corrected chi connectivity index (χ3v) is 3.49. The minimum absolute atomic E-state index is 0.365. The number of primary amides is 1. The van der Waals surface area contributed by atoms with E-state index in [0.717, 1.165) is 21.2 Å². The zero-order valence-corrected chi connectivity index (χ0v) is 9.53. The molecular formula is C10H12BrNO. The molecule has 0 unspecified atom stereocenters. The first kappa shape index (κ1) is 10.3. The van der Waals surface area contributed by atoms with E-state index in [1.54, 1.807) is 0 Å². The third-order valence-electron chi connectivity index (χ3n) is 2.27. The van der Waals surface area contributed by atoms with Gasteiger partial charge in [0.05, 0.1) is 0 Å². The molecule has 1 aromatic rings. The Hall–Kier alpha value is -0.830. The van der Waals surface area contributed by atoms with E-state index >= 15 is 0 Å². The van der Waals surface area contributed by atoms with Crippen LogP contribution in [0, 0.1) is 20.8 Å². The van der Waals surface area contributed by atoms with Gasteiger partial charge < -0.3 is 5.73 Å². The van der Waals surface area contributed by atoms with Gasteiger partial charge in [-0.05, 0) is 43.5 Å². The van der Waals surface area contributed by atoms with E-state index in [-0.39, 0.29) is 5.91 Å². The number of hydrogen-bond acceptors (Lipinski definition) is 1. The molecule has 0 saturated heterocycles. The fraction of sp³-hybridized carbons (Fsp3) is 0.300. The van der Waals surface area contributed by atoms with Gasteiger partial charge in [0, 0.05) is 10.0 Å². The molecule has 0 heterocycles. The average Bonchev–Trinajstić information content (AvgIpc) is 2.07. The monoisotopic (exact) mass is 241 g/mol. The van der Waals surface area contributed by atoms with Crippen LogP contribution in [0.25, 0.3) is 0 Å². The van der Waals surface area contributed by atoms with E-state index in [0.29, 0.717) is 5.56 Å². The molecule has 0 aliphatic carbocycles. The maximum atomic E-state index is 11.0. The third kappa shape index (κ3) is 1.75. The second kappa shape index (κ2) is 3.50. The number of carbonyl (C=O) groups is 1. The van der Waals surface area contributed by atoms with Crippen molar-refractivity contribution >= 4 is 21.8 Å². The van der Waals surface area contributed by atoms with Crippen molar-refractivity contribution in [3.05, 3.63) is 32.8 Å². The van der Waals surface area contributed by atoms with Crippen molar-refractivity contribution in [2.45, 2.75) is 20.8 Å². The summed E-state index contributed by atoms with van der Waals surface area (Å²) in [6, 6.07) is 1.81. The minimum atomic E-state index is -0.365. The number of hydrogen-bond donors (Lipinski definition) is 1. The summed E-state index contributed by atoms with van der Waals surface area (Å²) in [4.78, 5) is 11.0. The lowest BCUT2D eigenvalue weighted by Gasteiger charge is -2.10. The molecule has 70 valence electrons. The van der Waals surface area contributed by atoms with Gasteiger partial charge in [0.2, 0.25) is 5.91 Å². The fourth-order valence-corrected chi connectivity index (χ4v) is 1.72. The van der Waals surface area contributed by atoms with Gasteiger partial charge in [0.1, 0.15) is 0 Å². The van der Waals surface area contributed by atoms with Crippen LogP contribution in [-0.2, 0) is 0 Å². The SMILES string of the molecule is Cc1cc(C(N)=O)c(C)c(C)c1Br. The first-order valence-electron chi connectivity index (χ1n) is 4.01. The first-order valence-corrected chi connectivity index (χ1v) is 4.80. The molecule has 13 heavy (non-hydrogen) atoms. The molecule has 0 aromatic heterocycles. The van der Waals surface area contributed by atoms with E-state index in [1.165, 1.54) is 0 Å². The zero-order chi connectivity index (χ0) is 10.2. The van der Waals surface area contributed by atoms with E-state index in [2.05, 4.69) is 15.9 Å². The van der Waals surface area contributed by atoms with Gasteiger partial charge >= 0.3 is 0 Å². The number of rotatable bonds is 1. The molecule has 0 aliphatic rings. The number of amides is 1. The Balaban J connectivity index is 3.50. The van der Waals surface area contributed by atoms with Crippen LogP contribution in [0.15, 0.2) is 10.5 Å². The lowest BCUT2D eigenvalue weighted by Crippen LogP contribution is -2.13. The summed E-state index contributed by atoms with van der Waals surface area (Å²) >= 11 is 3.46. The predicted octanol–water partition coefficient (Wildman–Crippen LogP) is 2.47. The molecule has 0 spiro atoms. The van der Waals surface area contributed by atoms with Crippen LogP contribution in [0.2, 0.25) is 0 Å². The van der Waals surface area contributed by atoms with Crippen LogP contribution in [0.4, 0.5) is 0 Å². The summed E-state index contributed by atoms with van der Waals surface area (Å²) in [5.74, 6) is -0.365. The lowest BCUT2D eigenvalue weighted by atomic mass is 10.00. The number of halogens is 1. The summed E-state index contributed by atoms with van der Waals surface area (Å²) in [5, 5.41) is 0. The molecule has 0 radical (unpaired) electrons. The Morgan fingerprint density at radius 3 is 2.31 bits per heavy atom. The Morgan fingerprint density at radius 1 is 1.31 bits per heavy atom. The van der Waals surface area contributed by atoms with Crippen molar-refractivity contribution in [3.63, 3.8) is 0 Å². The fourth-order valence-electron chi connectivity index (χ4n) is 1.31. The summed E-state index contributed by atoms with van der Waals surface area (Å²) < 4.78 is 1.05. The molecule has 0 fully saturated rings. The smallest absolute Gasteiger partial charge is 0.248 e. The normalized spacial score (nSPS) is 10.2. The van der Waals surface area contributed by atoms with E-state index < -0.39 is 0 Å². The van der Waals surface area contributed by atoms with Crippen LogP contribution in [0.3, 0.4) is 0 Å². The highest BCUT2D eigenvalue weighted by Crippen LogP contribution is 2.26. The van der Waals surface area contributed by atoms with Crippen molar-refractivity contribution in [1.82, 2.24) is 0 Å². The maximum Gasteiger partial charge on any atom is 0.248 e. The predicted molar refractivity (Wildman–Crippen MR) is 56.9 cm³/mol. The lowest BCUT2D eigenvalue weighted by molar-refractivity contribution is 0.0999. The van der Waals surface area contributed by atoms with Crippen LogP contribution in [-0.4, -0.2) is 5.91 Å². The number of carbonyl (C=O) groups excluding carboxylic acids is 1. The van der Waals surface area contributed by atoms with Crippen molar-refractivity contribution in [3.8, 4) is 0 Å². The molecule has 0 aliphatic heterocycles.